The highest BCUT2D eigenvalue weighted by Crippen LogP contribution is 2.21. The van der Waals surface area contributed by atoms with Crippen molar-refractivity contribution in [2.75, 3.05) is 31.6 Å². The predicted molar refractivity (Wildman–Crippen MR) is 85.5 cm³/mol. The Morgan fingerprint density at radius 2 is 2.35 bits per heavy atom. The molecular weight excluding hydrogens is 270 g/mol. The highest BCUT2D eigenvalue weighted by Gasteiger charge is 2.17. The molecular formula is C15H27N3OS. The van der Waals surface area contributed by atoms with Crippen LogP contribution in [0.2, 0.25) is 0 Å². The summed E-state index contributed by atoms with van der Waals surface area (Å²) in [5.41, 5.74) is 1.14. The molecule has 1 aromatic rings. The van der Waals surface area contributed by atoms with E-state index in [1.54, 1.807) is 11.3 Å². The summed E-state index contributed by atoms with van der Waals surface area (Å²) in [6.07, 6.45) is 4.06. The predicted octanol–water partition coefficient (Wildman–Crippen LogP) is 2.89. The largest absolute Gasteiger partial charge is 0.376 e. The zero-order valence-corrected chi connectivity index (χ0v) is 13.7. The van der Waals surface area contributed by atoms with Gasteiger partial charge in [0.2, 0.25) is 0 Å². The van der Waals surface area contributed by atoms with Crippen LogP contribution in [0.15, 0.2) is 5.38 Å². The van der Waals surface area contributed by atoms with Gasteiger partial charge in [-0.1, -0.05) is 13.8 Å². The topological polar surface area (TPSA) is 37.4 Å². The Balaban J connectivity index is 1.78. The van der Waals surface area contributed by atoms with Crippen LogP contribution < -0.4 is 10.2 Å². The maximum absolute atomic E-state index is 5.79. The standard InChI is InChI=1S/C15H27N3OS/c1-12(2)8-16-9-13-11-20-15(17-13)18(3)10-14-6-4-5-7-19-14/h11-12,14,16H,4-10H2,1-3H3. The molecule has 0 radical (unpaired) electrons. The molecule has 0 bridgehead atoms. The molecule has 0 saturated carbocycles. The summed E-state index contributed by atoms with van der Waals surface area (Å²) < 4.78 is 5.79. The summed E-state index contributed by atoms with van der Waals surface area (Å²) >= 11 is 1.72. The summed E-state index contributed by atoms with van der Waals surface area (Å²) in [6.45, 7) is 8.21. The van der Waals surface area contributed by atoms with Crippen LogP contribution in [0.5, 0.6) is 0 Å². The van der Waals surface area contributed by atoms with Gasteiger partial charge in [0.1, 0.15) is 0 Å². The van der Waals surface area contributed by atoms with Crippen molar-refractivity contribution in [2.45, 2.75) is 45.8 Å². The summed E-state index contributed by atoms with van der Waals surface area (Å²) in [7, 11) is 2.11. The fraction of sp³-hybridized carbons (Fsp3) is 0.800. The molecule has 0 spiro atoms. The third-order valence-electron chi connectivity index (χ3n) is 3.48. The van der Waals surface area contributed by atoms with Gasteiger partial charge in [-0.05, 0) is 31.7 Å². The number of anilines is 1. The van der Waals surface area contributed by atoms with E-state index in [4.69, 9.17) is 9.72 Å². The van der Waals surface area contributed by atoms with E-state index in [2.05, 4.69) is 36.5 Å². The lowest BCUT2D eigenvalue weighted by Crippen LogP contribution is -2.33. The number of hydrogen-bond acceptors (Lipinski definition) is 5. The average molecular weight is 297 g/mol. The molecule has 1 aliphatic heterocycles. The van der Waals surface area contributed by atoms with Gasteiger partial charge in [-0.25, -0.2) is 4.98 Å². The molecule has 0 aromatic carbocycles. The first-order valence-corrected chi connectivity index (χ1v) is 8.51. The van der Waals surface area contributed by atoms with Crippen LogP contribution in [0.1, 0.15) is 38.8 Å². The van der Waals surface area contributed by atoms with E-state index < -0.39 is 0 Å². The molecule has 0 amide bonds. The number of rotatable bonds is 7. The molecule has 1 saturated heterocycles. The summed E-state index contributed by atoms with van der Waals surface area (Å²) in [5.74, 6) is 0.680. The third kappa shape index (κ3) is 5.04. The van der Waals surface area contributed by atoms with Crippen molar-refractivity contribution in [3.8, 4) is 0 Å². The van der Waals surface area contributed by atoms with Gasteiger partial charge in [-0.3, -0.25) is 0 Å². The van der Waals surface area contributed by atoms with Crippen LogP contribution in [0.3, 0.4) is 0 Å². The minimum atomic E-state index is 0.375. The van der Waals surface area contributed by atoms with Gasteiger partial charge >= 0.3 is 0 Å². The van der Waals surface area contributed by atoms with Gasteiger partial charge in [0.05, 0.1) is 11.8 Å². The van der Waals surface area contributed by atoms with E-state index >= 15 is 0 Å². The molecule has 4 nitrogen and oxygen atoms in total. The number of thiazole rings is 1. The monoisotopic (exact) mass is 297 g/mol. The lowest BCUT2D eigenvalue weighted by atomic mass is 10.1. The summed E-state index contributed by atoms with van der Waals surface area (Å²) in [5, 5.41) is 6.69. The Kier molecular flexibility index (Phi) is 6.26. The smallest absolute Gasteiger partial charge is 0.185 e. The molecule has 0 aliphatic carbocycles. The quantitative estimate of drug-likeness (QED) is 0.840. The second-order valence-corrected chi connectivity index (χ2v) is 6.85. The van der Waals surface area contributed by atoms with Crippen molar-refractivity contribution in [1.29, 1.82) is 0 Å². The van der Waals surface area contributed by atoms with E-state index in [9.17, 15) is 0 Å². The van der Waals surface area contributed by atoms with E-state index in [0.29, 0.717) is 12.0 Å². The normalized spacial score (nSPS) is 19.5. The first-order chi connectivity index (χ1) is 9.65. The molecule has 1 fully saturated rings. The first kappa shape index (κ1) is 15.7. The molecule has 1 unspecified atom stereocenters. The highest BCUT2D eigenvalue weighted by molar-refractivity contribution is 7.13. The van der Waals surface area contributed by atoms with Crippen molar-refractivity contribution in [3.63, 3.8) is 0 Å². The van der Waals surface area contributed by atoms with Crippen LogP contribution >= 0.6 is 11.3 Å². The van der Waals surface area contributed by atoms with Gasteiger partial charge < -0.3 is 15.0 Å². The van der Waals surface area contributed by atoms with Crippen molar-refractivity contribution in [3.05, 3.63) is 11.1 Å². The van der Waals surface area contributed by atoms with Crippen LogP contribution in [0.25, 0.3) is 0 Å². The molecule has 2 heterocycles. The second kappa shape index (κ2) is 7.96. The van der Waals surface area contributed by atoms with Crippen molar-refractivity contribution >= 4 is 16.5 Å². The van der Waals surface area contributed by atoms with E-state index in [0.717, 1.165) is 37.1 Å². The van der Waals surface area contributed by atoms with E-state index in [1.165, 1.54) is 19.3 Å². The minimum absolute atomic E-state index is 0.375. The highest BCUT2D eigenvalue weighted by atomic mass is 32.1. The molecule has 114 valence electrons. The number of hydrogen-bond donors (Lipinski definition) is 1. The Hall–Kier alpha value is -0.650. The molecule has 1 aromatic heterocycles. The summed E-state index contributed by atoms with van der Waals surface area (Å²) in [4.78, 5) is 6.93. The maximum atomic E-state index is 5.79. The maximum Gasteiger partial charge on any atom is 0.185 e. The zero-order chi connectivity index (χ0) is 14.4. The van der Waals surface area contributed by atoms with Crippen molar-refractivity contribution < 1.29 is 4.74 Å². The van der Waals surface area contributed by atoms with Crippen LogP contribution in [0.4, 0.5) is 5.13 Å². The second-order valence-electron chi connectivity index (χ2n) is 6.02. The van der Waals surface area contributed by atoms with Crippen molar-refractivity contribution in [2.24, 2.45) is 5.92 Å². The Morgan fingerprint density at radius 3 is 3.05 bits per heavy atom. The lowest BCUT2D eigenvalue weighted by Gasteiger charge is -2.27. The Labute approximate surface area is 126 Å². The lowest BCUT2D eigenvalue weighted by molar-refractivity contribution is 0.0216. The van der Waals surface area contributed by atoms with E-state index in [1.807, 2.05) is 0 Å². The Morgan fingerprint density at radius 1 is 1.50 bits per heavy atom. The third-order valence-corrected chi connectivity index (χ3v) is 4.48. The molecule has 1 atom stereocenters. The Bertz CT molecular complexity index is 388. The van der Waals surface area contributed by atoms with Gasteiger partial charge in [-0.2, -0.15) is 0 Å². The molecule has 1 aliphatic rings. The minimum Gasteiger partial charge on any atom is -0.376 e. The van der Waals surface area contributed by atoms with Gasteiger partial charge in [0, 0.05) is 32.1 Å². The molecule has 2 rings (SSSR count). The van der Waals surface area contributed by atoms with Crippen LogP contribution in [-0.4, -0.2) is 37.8 Å². The number of nitrogens with one attached hydrogen (secondary N) is 1. The number of ether oxygens (including phenoxy) is 1. The van der Waals surface area contributed by atoms with Gasteiger partial charge in [0.15, 0.2) is 5.13 Å². The van der Waals surface area contributed by atoms with Gasteiger partial charge in [-0.15, -0.1) is 11.3 Å². The molecule has 20 heavy (non-hydrogen) atoms. The summed E-state index contributed by atoms with van der Waals surface area (Å²) in [6, 6.07) is 0. The van der Waals surface area contributed by atoms with Crippen LogP contribution in [0, 0.1) is 5.92 Å². The van der Waals surface area contributed by atoms with Crippen molar-refractivity contribution in [1.82, 2.24) is 10.3 Å². The average Bonchev–Trinajstić information content (AvgIpc) is 2.88. The SMILES string of the molecule is CC(C)CNCc1csc(N(C)CC2CCCCO2)n1. The molecule has 5 heteroatoms. The zero-order valence-electron chi connectivity index (χ0n) is 12.9. The first-order valence-electron chi connectivity index (χ1n) is 7.63. The fourth-order valence-corrected chi connectivity index (χ4v) is 3.18. The van der Waals surface area contributed by atoms with E-state index in [-0.39, 0.29) is 0 Å². The number of nitrogens with zero attached hydrogens (tertiary/aromatic N) is 2. The molecule has 1 N–H and O–H groups in total. The number of aromatic nitrogens is 1. The number of likely N-dealkylation sites (N-methyl/N-ethyl adjacent to an activating group) is 1. The van der Waals surface area contributed by atoms with Gasteiger partial charge in [0.25, 0.3) is 0 Å². The fourth-order valence-electron chi connectivity index (χ4n) is 2.38. The van der Waals surface area contributed by atoms with Crippen LogP contribution in [-0.2, 0) is 11.3 Å².